The highest BCUT2D eigenvalue weighted by Crippen LogP contribution is 2.30. The molecular weight excluding hydrogens is 470 g/mol. The van der Waals surface area contributed by atoms with Crippen LogP contribution < -0.4 is 4.74 Å². The predicted octanol–water partition coefficient (Wildman–Crippen LogP) is 3.97. The van der Waals surface area contributed by atoms with E-state index >= 15 is 0 Å². The van der Waals surface area contributed by atoms with E-state index in [1.807, 2.05) is 32.0 Å². The van der Waals surface area contributed by atoms with Crippen molar-refractivity contribution in [1.82, 2.24) is 24.6 Å². The predicted molar refractivity (Wildman–Crippen MR) is 130 cm³/mol. The van der Waals surface area contributed by atoms with Crippen molar-refractivity contribution in [3.8, 4) is 11.4 Å². The minimum atomic E-state index is -0.280. The van der Waals surface area contributed by atoms with Gasteiger partial charge in [0, 0.05) is 47.7 Å². The maximum absolute atomic E-state index is 13.3. The quantitative estimate of drug-likeness (QED) is 0.427. The van der Waals surface area contributed by atoms with Crippen molar-refractivity contribution in [3.63, 3.8) is 0 Å². The van der Waals surface area contributed by atoms with Crippen LogP contribution >= 0.6 is 11.6 Å². The van der Waals surface area contributed by atoms with Gasteiger partial charge in [-0.15, -0.1) is 5.10 Å². The van der Waals surface area contributed by atoms with E-state index in [4.69, 9.17) is 20.8 Å². The number of carbonyl (C=O) groups excluding carboxylic acids is 2. The molecule has 5 rings (SSSR count). The summed E-state index contributed by atoms with van der Waals surface area (Å²) in [6, 6.07) is 12.4. The lowest BCUT2D eigenvalue weighted by atomic mass is 10.1. The number of halogens is 1. The topological polar surface area (TPSA) is 93.7 Å². The second-order valence-corrected chi connectivity index (χ2v) is 8.95. The molecule has 0 aliphatic carbocycles. The standard InChI is InChI=1S/C25H24ClN5O4/c1-15-13-29(24(32)22-16(2)20-8-7-19(34-3)12-21(20)35-22)9-10-30(15)25(33)23-27-14-31(28-23)18-6-4-5-17(26)11-18/h4-8,11-12,14-15H,9-10,13H2,1-3H3. The molecule has 1 fully saturated rings. The summed E-state index contributed by atoms with van der Waals surface area (Å²) in [4.78, 5) is 34.0. The Balaban J connectivity index is 1.30. The molecule has 2 aromatic carbocycles. The van der Waals surface area contributed by atoms with Crippen molar-refractivity contribution in [2.24, 2.45) is 0 Å². The van der Waals surface area contributed by atoms with Gasteiger partial charge >= 0.3 is 0 Å². The number of aryl methyl sites for hydroxylation is 1. The summed E-state index contributed by atoms with van der Waals surface area (Å²) >= 11 is 6.05. The van der Waals surface area contributed by atoms with Crippen LogP contribution in [0.25, 0.3) is 16.7 Å². The summed E-state index contributed by atoms with van der Waals surface area (Å²) in [5.41, 5.74) is 2.11. The van der Waals surface area contributed by atoms with Gasteiger partial charge in [-0.25, -0.2) is 9.67 Å². The maximum atomic E-state index is 13.3. The molecule has 0 bridgehead atoms. The zero-order chi connectivity index (χ0) is 24.7. The lowest BCUT2D eigenvalue weighted by Crippen LogP contribution is -2.55. The molecule has 35 heavy (non-hydrogen) atoms. The number of aromatic nitrogens is 3. The third kappa shape index (κ3) is 4.23. The molecular formula is C25H24ClN5O4. The normalized spacial score (nSPS) is 16.1. The molecule has 2 aromatic heterocycles. The molecule has 1 aliphatic heterocycles. The smallest absolute Gasteiger partial charge is 0.293 e. The van der Waals surface area contributed by atoms with Crippen molar-refractivity contribution >= 4 is 34.4 Å². The highest BCUT2D eigenvalue weighted by molar-refractivity contribution is 6.30. The Morgan fingerprint density at radius 3 is 2.71 bits per heavy atom. The molecule has 10 heteroatoms. The highest BCUT2D eigenvalue weighted by Gasteiger charge is 2.34. The number of hydrogen-bond acceptors (Lipinski definition) is 6. The number of benzene rings is 2. The van der Waals surface area contributed by atoms with Gasteiger partial charge in [-0.2, -0.15) is 0 Å². The fourth-order valence-corrected chi connectivity index (χ4v) is 4.54. The van der Waals surface area contributed by atoms with Gasteiger partial charge in [-0.3, -0.25) is 9.59 Å². The van der Waals surface area contributed by atoms with Crippen LogP contribution in [0.1, 0.15) is 33.7 Å². The first-order valence-electron chi connectivity index (χ1n) is 11.2. The zero-order valence-corrected chi connectivity index (χ0v) is 20.3. The SMILES string of the molecule is COc1ccc2c(C)c(C(=O)N3CCN(C(=O)c4ncn(-c5cccc(Cl)c5)n4)C(C)C3)oc2c1. The first-order valence-corrected chi connectivity index (χ1v) is 11.6. The molecule has 4 aromatic rings. The Hall–Kier alpha value is -3.85. The minimum absolute atomic E-state index is 0.0960. The van der Waals surface area contributed by atoms with Crippen LogP contribution in [0.5, 0.6) is 5.75 Å². The molecule has 2 amide bonds. The second kappa shape index (κ2) is 9.07. The van der Waals surface area contributed by atoms with Gasteiger partial charge in [0.2, 0.25) is 5.82 Å². The summed E-state index contributed by atoms with van der Waals surface area (Å²) in [7, 11) is 1.59. The molecule has 9 nitrogen and oxygen atoms in total. The van der Waals surface area contributed by atoms with E-state index in [1.165, 1.54) is 11.0 Å². The summed E-state index contributed by atoms with van der Waals surface area (Å²) in [5.74, 6) is 0.593. The molecule has 1 aliphatic rings. The maximum Gasteiger partial charge on any atom is 0.293 e. The second-order valence-electron chi connectivity index (χ2n) is 8.51. The average molecular weight is 494 g/mol. The van der Waals surface area contributed by atoms with Gasteiger partial charge in [0.15, 0.2) is 5.76 Å². The molecule has 3 heterocycles. The number of nitrogens with zero attached hydrogens (tertiary/aromatic N) is 5. The van der Waals surface area contributed by atoms with Gasteiger partial charge in [-0.05, 0) is 44.2 Å². The van der Waals surface area contributed by atoms with E-state index in [0.29, 0.717) is 47.4 Å². The van der Waals surface area contributed by atoms with Crippen LogP contribution in [-0.2, 0) is 0 Å². The van der Waals surface area contributed by atoms with Crippen LogP contribution in [0.2, 0.25) is 5.02 Å². The number of rotatable bonds is 4. The van der Waals surface area contributed by atoms with E-state index < -0.39 is 0 Å². The largest absolute Gasteiger partial charge is 0.497 e. The Kier molecular flexibility index (Phi) is 5.94. The number of furan rings is 1. The molecule has 0 spiro atoms. The molecule has 0 N–H and O–H groups in total. The van der Waals surface area contributed by atoms with Crippen molar-refractivity contribution in [2.45, 2.75) is 19.9 Å². The molecule has 0 radical (unpaired) electrons. The van der Waals surface area contributed by atoms with Crippen molar-refractivity contribution in [1.29, 1.82) is 0 Å². The fraction of sp³-hybridized carbons (Fsp3) is 0.280. The number of ether oxygens (including phenoxy) is 1. The number of hydrogen-bond donors (Lipinski definition) is 0. The fourth-order valence-electron chi connectivity index (χ4n) is 4.36. The van der Waals surface area contributed by atoms with Gasteiger partial charge in [0.25, 0.3) is 11.8 Å². The Morgan fingerprint density at radius 1 is 1.14 bits per heavy atom. The number of carbonyl (C=O) groups is 2. The lowest BCUT2D eigenvalue weighted by molar-refractivity contribution is 0.0393. The van der Waals surface area contributed by atoms with Crippen LogP contribution in [0, 0.1) is 6.92 Å². The number of piperazine rings is 1. The van der Waals surface area contributed by atoms with Crippen LogP contribution in [0.15, 0.2) is 53.2 Å². The van der Waals surface area contributed by atoms with E-state index in [1.54, 1.807) is 41.2 Å². The van der Waals surface area contributed by atoms with E-state index in [0.717, 1.165) is 10.9 Å². The summed E-state index contributed by atoms with van der Waals surface area (Å²) in [6.07, 6.45) is 1.49. The number of methoxy groups -OCH3 is 1. The van der Waals surface area contributed by atoms with Gasteiger partial charge < -0.3 is 19.0 Å². The Labute approximate surface area is 206 Å². The molecule has 0 saturated carbocycles. The first-order chi connectivity index (χ1) is 16.9. The van der Waals surface area contributed by atoms with Gasteiger partial charge in [-0.1, -0.05) is 17.7 Å². The highest BCUT2D eigenvalue weighted by atomic mass is 35.5. The monoisotopic (exact) mass is 493 g/mol. The lowest BCUT2D eigenvalue weighted by Gasteiger charge is -2.39. The minimum Gasteiger partial charge on any atom is -0.497 e. The molecule has 180 valence electrons. The number of amides is 2. The number of fused-ring (bicyclic) bond motifs is 1. The third-order valence-corrected chi connectivity index (χ3v) is 6.51. The molecule has 1 saturated heterocycles. The Bertz CT molecular complexity index is 1430. The van der Waals surface area contributed by atoms with E-state index in [-0.39, 0.29) is 23.7 Å². The molecule has 1 unspecified atom stereocenters. The van der Waals surface area contributed by atoms with Crippen LogP contribution in [0.4, 0.5) is 0 Å². The molecule has 1 atom stereocenters. The summed E-state index contributed by atoms with van der Waals surface area (Å²) in [6.45, 7) is 4.89. The van der Waals surface area contributed by atoms with E-state index in [9.17, 15) is 9.59 Å². The first kappa shape index (κ1) is 22.9. The van der Waals surface area contributed by atoms with E-state index in [2.05, 4.69) is 10.1 Å². The van der Waals surface area contributed by atoms with Gasteiger partial charge in [0.1, 0.15) is 17.7 Å². The van der Waals surface area contributed by atoms with Crippen LogP contribution in [-0.4, -0.2) is 69.2 Å². The average Bonchev–Trinajstić information content (AvgIpc) is 3.48. The van der Waals surface area contributed by atoms with Gasteiger partial charge in [0.05, 0.1) is 12.8 Å². The van der Waals surface area contributed by atoms with Crippen molar-refractivity contribution in [2.75, 3.05) is 26.7 Å². The van der Waals surface area contributed by atoms with Crippen LogP contribution in [0.3, 0.4) is 0 Å². The zero-order valence-electron chi connectivity index (χ0n) is 19.6. The van der Waals surface area contributed by atoms with Crippen molar-refractivity contribution in [3.05, 3.63) is 71.0 Å². The van der Waals surface area contributed by atoms with Crippen molar-refractivity contribution < 1.29 is 18.7 Å². The Morgan fingerprint density at radius 2 is 1.97 bits per heavy atom. The summed E-state index contributed by atoms with van der Waals surface area (Å²) in [5, 5.41) is 5.77. The third-order valence-electron chi connectivity index (χ3n) is 6.27. The summed E-state index contributed by atoms with van der Waals surface area (Å²) < 4.78 is 12.7.